The van der Waals surface area contributed by atoms with Crippen LogP contribution in [0.25, 0.3) is 64.0 Å². The molecule has 7 aromatic carbocycles. The van der Waals surface area contributed by atoms with Gasteiger partial charge in [0.25, 0.3) is 0 Å². The third-order valence-corrected chi connectivity index (χ3v) is 9.63. The molecule has 202 valence electrons. The van der Waals surface area contributed by atoms with Gasteiger partial charge in [0.15, 0.2) is 0 Å². The lowest BCUT2D eigenvalue weighted by atomic mass is 9.98. The van der Waals surface area contributed by atoms with Crippen LogP contribution in [-0.2, 0) is 0 Å². The van der Waals surface area contributed by atoms with Crippen LogP contribution in [0.1, 0.15) is 0 Å². The molecule has 0 saturated carbocycles. The lowest BCUT2D eigenvalue weighted by Crippen LogP contribution is -2.10. The van der Waals surface area contributed by atoms with Crippen molar-refractivity contribution >= 4 is 81.3 Å². The first-order valence-corrected chi connectivity index (χ1v) is 15.3. The molecule has 43 heavy (non-hydrogen) atoms. The summed E-state index contributed by atoms with van der Waals surface area (Å²) in [5.74, 6) is 0. The Morgan fingerprint density at radius 2 is 1.19 bits per heavy atom. The van der Waals surface area contributed by atoms with E-state index in [0.717, 1.165) is 33.3 Å². The number of thiophene rings is 1. The fourth-order valence-corrected chi connectivity index (χ4v) is 7.68. The van der Waals surface area contributed by atoms with E-state index in [0.29, 0.717) is 0 Å². The van der Waals surface area contributed by atoms with Gasteiger partial charge in [0.1, 0.15) is 11.2 Å². The standard InChI is InChI=1S/C40H25NOS/c1-2-11-27(12-3-1)31-21-22-35(40-39(31)33-15-7-9-17-38(33)43-40)41(29-19-18-26-10-4-5-13-28(26)24-29)30-20-23-37-34(25-30)32-14-6-8-16-36(32)42-37/h1-25H. The Balaban J connectivity index is 1.36. The van der Waals surface area contributed by atoms with Gasteiger partial charge in [-0.2, -0.15) is 0 Å². The lowest BCUT2D eigenvalue weighted by molar-refractivity contribution is 0.669. The Hall–Kier alpha value is -5.38. The molecule has 0 unspecified atom stereocenters. The third-order valence-electron chi connectivity index (χ3n) is 8.44. The van der Waals surface area contributed by atoms with Crippen LogP contribution in [-0.4, -0.2) is 0 Å². The summed E-state index contributed by atoms with van der Waals surface area (Å²) in [6.07, 6.45) is 0. The van der Waals surface area contributed by atoms with E-state index >= 15 is 0 Å². The molecule has 0 aliphatic rings. The van der Waals surface area contributed by atoms with Gasteiger partial charge in [-0.15, -0.1) is 11.3 Å². The monoisotopic (exact) mass is 567 g/mol. The minimum Gasteiger partial charge on any atom is -0.456 e. The van der Waals surface area contributed by atoms with Crippen LogP contribution < -0.4 is 4.90 Å². The summed E-state index contributed by atoms with van der Waals surface area (Å²) in [5, 5.41) is 7.28. The van der Waals surface area contributed by atoms with Crippen molar-refractivity contribution in [3.63, 3.8) is 0 Å². The summed E-state index contributed by atoms with van der Waals surface area (Å²) in [4.78, 5) is 2.42. The number of para-hydroxylation sites is 1. The topological polar surface area (TPSA) is 16.4 Å². The molecule has 2 aromatic heterocycles. The second-order valence-electron chi connectivity index (χ2n) is 10.9. The summed E-state index contributed by atoms with van der Waals surface area (Å²) in [6, 6.07) is 54.3. The molecule has 0 atom stereocenters. The van der Waals surface area contributed by atoms with Gasteiger partial charge in [-0.1, -0.05) is 103 Å². The zero-order valence-electron chi connectivity index (χ0n) is 23.2. The highest BCUT2D eigenvalue weighted by Crippen LogP contribution is 2.49. The normalized spacial score (nSPS) is 11.7. The fourth-order valence-electron chi connectivity index (χ4n) is 6.45. The number of fused-ring (bicyclic) bond motifs is 7. The molecule has 0 radical (unpaired) electrons. The van der Waals surface area contributed by atoms with Crippen LogP contribution in [0.15, 0.2) is 156 Å². The second kappa shape index (κ2) is 9.59. The van der Waals surface area contributed by atoms with Crippen molar-refractivity contribution in [2.24, 2.45) is 0 Å². The van der Waals surface area contributed by atoms with Gasteiger partial charge in [0, 0.05) is 37.6 Å². The van der Waals surface area contributed by atoms with Crippen molar-refractivity contribution in [2.75, 3.05) is 4.90 Å². The third kappa shape index (κ3) is 3.86. The van der Waals surface area contributed by atoms with Crippen molar-refractivity contribution < 1.29 is 4.42 Å². The van der Waals surface area contributed by atoms with Gasteiger partial charge in [-0.3, -0.25) is 0 Å². The zero-order valence-corrected chi connectivity index (χ0v) is 24.0. The zero-order chi connectivity index (χ0) is 28.3. The van der Waals surface area contributed by atoms with Gasteiger partial charge in [0.2, 0.25) is 0 Å². The fraction of sp³-hybridized carbons (Fsp3) is 0. The van der Waals surface area contributed by atoms with Gasteiger partial charge < -0.3 is 9.32 Å². The highest BCUT2D eigenvalue weighted by molar-refractivity contribution is 7.26. The summed E-state index contributed by atoms with van der Waals surface area (Å²) < 4.78 is 8.77. The summed E-state index contributed by atoms with van der Waals surface area (Å²) in [5.41, 5.74) is 7.68. The number of furan rings is 1. The minimum absolute atomic E-state index is 0.898. The number of benzene rings is 7. The van der Waals surface area contributed by atoms with Crippen LogP contribution in [0.3, 0.4) is 0 Å². The Labute approximate surface area is 252 Å². The predicted octanol–water partition coefficient (Wildman–Crippen LogP) is 12.2. The Morgan fingerprint density at radius 3 is 2.09 bits per heavy atom. The Morgan fingerprint density at radius 1 is 0.488 bits per heavy atom. The van der Waals surface area contributed by atoms with E-state index in [4.69, 9.17) is 4.42 Å². The molecule has 3 heteroatoms. The van der Waals surface area contributed by atoms with Crippen molar-refractivity contribution in [3.05, 3.63) is 152 Å². The molecule has 0 aliphatic heterocycles. The molecule has 9 aromatic rings. The number of hydrogen-bond donors (Lipinski definition) is 0. The molecule has 2 nitrogen and oxygen atoms in total. The Bertz CT molecular complexity index is 2470. The molecule has 0 bridgehead atoms. The largest absolute Gasteiger partial charge is 0.456 e. The van der Waals surface area contributed by atoms with Crippen LogP contribution in [0.5, 0.6) is 0 Å². The molecule has 0 aliphatic carbocycles. The SMILES string of the molecule is c1ccc(-c2ccc(N(c3ccc4ccccc4c3)c3ccc4oc5ccccc5c4c3)c3sc4ccccc4c23)cc1. The van der Waals surface area contributed by atoms with E-state index in [1.165, 1.54) is 47.8 Å². The number of nitrogens with zero attached hydrogens (tertiary/aromatic N) is 1. The van der Waals surface area contributed by atoms with Gasteiger partial charge in [-0.05, 0) is 70.4 Å². The van der Waals surface area contributed by atoms with E-state index in [-0.39, 0.29) is 0 Å². The highest BCUT2D eigenvalue weighted by Gasteiger charge is 2.22. The van der Waals surface area contributed by atoms with Crippen LogP contribution in [0.2, 0.25) is 0 Å². The molecule has 0 N–H and O–H groups in total. The Kier molecular flexibility index (Phi) is 5.40. The van der Waals surface area contributed by atoms with E-state index in [1.54, 1.807) is 0 Å². The first-order valence-electron chi connectivity index (χ1n) is 14.5. The number of anilines is 3. The van der Waals surface area contributed by atoms with Crippen molar-refractivity contribution in [3.8, 4) is 11.1 Å². The highest BCUT2D eigenvalue weighted by atomic mass is 32.1. The molecular weight excluding hydrogens is 543 g/mol. The maximum Gasteiger partial charge on any atom is 0.135 e. The van der Waals surface area contributed by atoms with Crippen LogP contribution in [0.4, 0.5) is 17.1 Å². The van der Waals surface area contributed by atoms with Crippen molar-refractivity contribution in [1.82, 2.24) is 0 Å². The minimum atomic E-state index is 0.898. The van der Waals surface area contributed by atoms with Crippen molar-refractivity contribution in [1.29, 1.82) is 0 Å². The van der Waals surface area contributed by atoms with E-state index in [1.807, 2.05) is 23.5 Å². The second-order valence-corrected chi connectivity index (χ2v) is 12.0. The maximum atomic E-state index is 6.21. The van der Waals surface area contributed by atoms with E-state index in [9.17, 15) is 0 Å². The van der Waals surface area contributed by atoms with Gasteiger partial charge >= 0.3 is 0 Å². The van der Waals surface area contributed by atoms with Crippen molar-refractivity contribution in [2.45, 2.75) is 0 Å². The molecule has 2 heterocycles. The predicted molar refractivity (Wildman–Crippen MR) is 184 cm³/mol. The van der Waals surface area contributed by atoms with Crippen LogP contribution >= 0.6 is 11.3 Å². The molecule has 0 saturated heterocycles. The van der Waals surface area contributed by atoms with E-state index < -0.39 is 0 Å². The van der Waals surface area contributed by atoms with E-state index in [2.05, 4.69) is 144 Å². The molecule has 0 spiro atoms. The molecule has 9 rings (SSSR count). The summed E-state index contributed by atoms with van der Waals surface area (Å²) in [7, 11) is 0. The lowest BCUT2D eigenvalue weighted by Gasteiger charge is -2.27. The molecule has 0 amide bonds. The number of rotatable bonds is 4. The first-order chi connectivity index (χ1) is 21.3. The molecule has 0 fully saturated rings. The summed E-state index contributed by atoms with van der Waals surface area (Å²) >= 11 is 1.87. The average Bonchev–Trinajstić information content (AvgIpc) is 3.64. The molecular formula is C40H25NOS. The quantitative estimate of drug-likeness (QED) is 0.210. The van der Waals surface area contributed by atoms with Gasteiger partial charge in [-0.25, -0.2) is 0 Å². The van der Waals surface area contributed by atoms with Crippen LogP contribution in [0, 0.1) is 0 Å². The number of hydrogen-bond acceptors (Lipinski definition) is 3. The first kappa shape index (κ1) is 24.2. The average molecular weight is 568 g/mol. The smallest absolute Gasteiger partial charge is 0.135 e. The van der Waals surface area contributed by atoms with Gasteiger partial charge in [0.05, 0.1) is 10.4 Å². The summed E-state index contributed by atoms with van der Waals surface area (Å²) in [6.45, 7) is 0. The maximum absolute atomic E-state index is 6.21.